The molecule has 0 aliphatic carbocycles. The zero-order chi connectivity index (χ0) is 24.1. The maximum absolute atomic E-state index is 12.5. The second-order valence-electron chi connectivity index (χ2n) is 7.25. The van der Waals surface area contributed by atoms with Gasteiger partial charge in [-0.3, -0.25) is 9.36 Å². The number of carbonyl (C=O) groups excluding carboxylic acids is 1. The molecule has 1 N–H and O–H groups in total. The first-order chi connectivity index (χ1) is 16.5. The summed E-state index contributed by atoms with van der Waals surface area (Å²) in [6.07, 6.45) is 0. The molecule has 34 heavy (non-hydrogen) atoms. The summed E-state index contributed by atoms with van der Waals surface area (Å²) >= 11 is 1.27. The van der Waals surface area contributed by atoms with E-state index in [0.29, 0.717) is 40.5 Å². The number of nitrogens with one attached hydrogen (secondary N) is 1. The van der Waals surface area contributed by atoms with Crippen molar-refractivity contribution in [3.63, 3.8) is 0 Å². The maximum Gasteiger partial charge on any atom is 0.296 e. The molecule has 2 heterocycles. The molecule has 0 unspecified atom stereocenters. The van der Waals surface area contributed by atoms with Crippen molar-refractivity contribution in [2.75, 3.05) is 25.3 Å². The van der Waals surface area contributed by atoms with Crippen molar-refractivity contribution < 1.29 is 18.8 Å². The molecule has 0 radical (unpaired) electrons. The van der Waals surface area contributed by atoms with Crippen molar-refractivity contribution >= 4 is 23.4 Å². The summed E-state index contributed by atoms with van der Waals surface area (Å²) in [5.41, 5.74) is 2.57. The molecule has 10 nitrogen and oxygen atoms in total. The molecule has 4 aromatic rings. The van der Waals surface area contributed by atoms with Gasteiger partial charge in [-0.2, -0.15) is 4.98 Å². The Morgan fingerprint density at radius 1 is 1.12 bits per heavy atom. The number of benzene rings is 2. The molecular weight excluding hydrogens is 456 g/mol. The van der Waals surface area contributed by atoms with Crippen LogP contribution in [0.1, 0.15) is 12.5 Å². The first-order valence-corrected chi connectivity index (χ1v) is 11.5. The highest BCUT2D eigenvalue weighted by Crippen LogP contribution is 2.30. The lowest BCUT2D eigenvalue weighted by atomic mass is 10.1. The molecule has 0 aliphatic rings. The topological polar surface area (TPSA) is 117 Å². The Morgan fingerprint density at radius 3 is 2.68 bits per heavy atom. The average Bonchev–Trinajstić information content (AvgIpc) is 3.49. The molecule has 0 bridgehead atoms. The van der Waals surface area contributed by atoms with Gasteiger partial charge in [0.15, 0.2) is 16.7 Å². The van der Waals surface area contributed by atoms with Gasteiger partial charge in [0, 0.05) is 23.9 Å². The van der Waals surface area contributed by atoms with Gasteiger partial charge in [0.05, 0.1) is 20.0 Å². The van der Waals surface area contributed by atoms with Crippen molar-refractivity contribution in [1.29, 1.82) is 0 Å². The van der Waals surface area contributed by atoms with E-state index in [-0.39, 0.29) is 17.6 Å². The second-order valence-corrected chi connectivity index (χ2v) is 8.19. The van der Waals surface area contributed by atoms with Gasteiger partial charge in [-0.25, -0.2) is 0 Å². The number of hydrogen-bond acceptors (Lipinski definition) is 9. The number of aryl methyl sites for hydroxylation is 1. The van der Waals surface area contributed by atoms with Crippen molar-refractivity contribution in [2.24, 2.45) is 0 Å². The molecule has 4 rings (SSSR count). The Balaban J connectivity index is 1.44. The monoisotopic (exact) mass is 480 g/mol. The highest BCUT2D eigenvalue weighted by Gasteiger charge is 2.20. The lowest BCUT2D eigenvalue weighted by Crippen LogP contribution is -2.14. The number of methoxy groups -OCH3 is 2. The van der Waals surface area contributed by atoms with Gasteiger partial charge in [-0.05, 0) is 32.0 Å². The van der Waals surface area contributed by atoms with Crippen LogP contribution in [0.4, 0.5) is 5.69 Å². The minimum Gasteiger partial charge on any atom is -0.493 e. The Bertz CT molecular complexity index is 1300. The molecule has 0 saturated heterocycles. The van der Waals surface area contributed by atoms with Gasteiger partial charge >= 0.3 is 0 Å². The summed E-state index contributed by atoms with van der Waals surface area (Å²) in [5, 5.41) is 15.9. The van der Waals surface area contributed by atoms with Crippen LogP contribution < -0.4 is 14.8 Å². The first kappa shape index (κ1) is 23.3. The molecule has 2 aromatic carbocycles. The SMILES string of the molecule is CCn1c(SCC(=O)Nc2ccc(OC)c(OC)c2)nnc1-c1nc(-c2cccc(C)c2)no1. The maximum atomic E-state index is 12.5. The number of ether oxygens (including phenoxy) is 2. The van der Waals surface area contributed by atoms with Gasteiger partial charge < -0.3 is 19.3 Å². The number of hydrogen-bond donors (Lipinski definition) is 1. The molecule has 0 aliphatic heterocycles. The van der Waals surface area contributed by atoms with Crippen LogP contribution in [0.5, 0.6) is 11.5 Å². The van der Waals surface area contributed by atoms with Gasteiger partial charge in [0.1, 0.15) is 0 Å². The van der Waals surface area contributed by atoms with Crippen LogP contribution in [-0.4, -0.2) is 50.8 Å². The predicted molar refractivity (Wildman–Crippen MR) is 128 cm³/mol. The van der Waals surface area contributed by atoms with Crippen LogP contribution in [0.25, 0.3) is 23.1 Å². The molecule has 0 atom stereocenters. The molecule has 176 valence electrons. The average molecular weight is 481 g/mol. The zero-order valence-electron chi connectivity index (χ0n) is 19.2. The van der Waals surface area contributed by atoms with Crippen LogP contribution in [0.15, 0.2) is 52.1 Å². The molecule has 1 amide bonds. The number of nitrogens with zero attached hydrogens (tertiary/aromatic N) is 5. The standard InChI is InChI=1S/C23H24N6O4S/c1-5-29-21(22-25-20(28-33-22)15-8-6-7-14(2)11-15)26-27-23(29)34-13-19(30)24-16-9-10-17(31-3)18(12-16)32-4/h6-12H,5,13H2,1-4H3,(H,24,30). The van der Waals surface area contributed by atoms with Crippen LogP contribution in [0, 0.1) is 6.92 Å². The Morgan fingerprint density at radius 2 is 1.94 bits per heavy atom. The molecule has 11 heteroatoms. The molecular formula is C23H24N6O4S. The quantitative estimate of drug-likeness (QED) is 0.354. The normalized spacial score (nSPS) is 10.8. The van der Waals surface area contributed by atoms with Crippen molar-refractivity contribution in [3.05, 3.63) is 48.0 Å². The second kappa shape index (κ2) is 10.4. The highest BCUT2D eigenvalue weighted by atomic mass is 32.2. The Kier molecular flexibility index (Phi) is 7.12. The molecule has 0 saturated carbocycles. The van der Waals surface area contributed by atoms with Crippen molar-refractivity contribution in [3.8, 4) is 34.6 Å². The van der Waals surface area contributed by atoms with Crippen LogP contribution in [-0.2, 0) is 11.3 Å². The number of anilines is 1. The summed E-state index contributed by atoms with van der Waals surface area (Å²) in [6, 6.07) is 13.0. The molecule has 0 spiro atoms. The minimum atomic E-state index is -0.191. The van der Waals surface area contributed by atoms with Crippen LogP contribution in [0.2, 0.25) is 0 Å². The summed E-state index contributed by atoms with van der Waals surface area (Å²) in [7, 11) is 3.10. The third kappa shape index (κ3) is 5.04. The fourth-order valence-corrected chi connectivity index (χ4v) is 4.10. The Hall–Kier alpha value is -3.86. The number of amides is 1. The highest BCUT2D eigenvalue weighted by molar-refractivity contribution is 7.99. The van der Waals surface area contributed by atoms with Crippen LogP contribution >= 0.6 is 11.8 Å². The number of carbonyl (C=O) groups is 1. The molecule has 0 fully saturated rings. The number of aromatic nitrogens is 5. The number of thioether (sulfide) groups is 1. The smallest absolute Gasteiger partial charge is 0.296 e. The van der Waals surface area contributed by atoms with E-state index < -0.39 is 0 Å². The fourth-order valence-electron chi connectivity index (χ4n) is 3.30. The van der Waals surface area contributed by atoms with Gasteiger partial charge in [-0.15, -0.1) is 10.2 Å². The van der Waals surface area contributed by atoms with Gasteiger partial charge in [-0.1, -0.05) is 40.7 Å². The molecule has 2 aromatic heterocycles. The predicted octanol–water partition coefficient (Wildman–Crippen LogP) is 4.07. The minimum absolute atomic E-state index is 0.144. The third-order valence-electron chi connectivity index (χ3n) is 4.93. The van der Waals surface area contributed by atoms with Crippen molar-refractivity contribution in [1.82, 2.24) is 24.9 Å². The lowest BCUT2D eigenvalue weighted by Gasteiger charge is -2.10. The van der Waals surface area contributed by atoms with E-state index in [1.54, 1.807) is 32.4 Å². The van der Waals surface area contributed by atoms with Crippen molar-refractivity contribution in [2.45, 2.75) is 25.5 Å². The summed E-state index contributed by atoms with van der Waals surface area (Å²) < 4.78 is 17.8. The summed E-state index contributed by atoms with van der Waals surface area (Å²) in [6.45, 7) is 4.53. The fraction of sp³-hybridized carbons (Fsp3) is 0.261. The van der Waals surface area contributed by atoms with Gasteiger partial charge in [0.25, 0.3) is 5.89 Å². The third-order valence-corrected chi connectivity index (χ3v) is 5.89. The largest absolute Gasteiger partial charge is 0.493 e. The van der Waals surface area contributed by atoms with E-state index in [9.17, 15) is 4.79 Å². The van der Waals surface area contributed by atoms with E-state index in [2.05, 4.69) is 25.7 Å². The van der Waals surface area contributed by atoms with E-state index in [0.717, 1.165) is 11.1 Å². The summed E-state index contributed by atoms with van der Waals surface area (Å²) in [4.78, 5) is 17.0. The van der Waals surface area contributed by atoms with Gasteiger partial charge in [0.2, 0.25) is 17.6 Å². The van der Waals surface area contributed by atoms with E-state index in [1.165, 1.54) is 11.8 Å². The first-order valence-electron chi connectivity index (χ1n) is 10.5. The lowest BCUT2D eigenvalue weighted by molar-refractivity contribution is -0.113. The number of rotatable bonds is 9. The van der Waals surface area contributed by atoms with E-state index in [1.807, 2.05) is 42.7 Å². The Labute approximate surface area is 200 Å². The van der Waals surface area contributed by atoms with E-state index >= 15 is 0 Å². The van der Waals surface area contributed by atoms with Crippen LogP contribution in [0.3, 0.4) is 0 Å². The summed E-state index contributed by atoms with van der Waals surface area (Å²) in [5.74, 6) is 2.28. The zero-order valence-corrected chi connectivity index (χ0v) is 20.0. The van der Waals surface area contributed by atoms with E-state index in [4.69, 9.17) is 14.0 Å².